The van der Waals surface area contributed by atoms with E-state index in [4.69, 9.17) is 9.47 Å². The van der Waals surface area contributed by atoms with E-state index >= 15 is 0 Å². The third-order valence-corrected chi connectivity index (χ3v) is 2.93. The maximum atomic E-state index is 12.1. The van der Waals surface area contributed by atoms with Crippen molar-refractivity contribution in [2.24, 2.45) is 0 Å². The van der Waals surface area contributed by atoms with Crippen LogP contribution in [-0.4, -0.2) is 18.0 Å². The van der Waals surface area contributed by atoms with Crippen LogP contribution in [0.2, 0.25) is 0 Å². The van der Waals surface area contributed by atoms with Gasteiger partial charge in [0, 0.05) is 0 Å². The Morgan fingerprint density at radius 2 is 1.90 bits per heavy atom. The van der Waals surface area contributed by atoms with Gasteiger partial charge in [-0.15, -0.1) is 0 Å². The number of nitrogens with zero attached hydrogens (tertiary/aromatic N) is 1. The van der Waals surface area contributed by atoms with Crippen molar-refractivity contribution < 1.29 is 19.2 Å². The molecule has 2 rings (SSSR count). The molecule has 21 heavy (non-hydrogen) atoms. The smallest absolute Gasteiger partial charge is 0.344 e. The summed E-state index contributed by atoms with van der Waals surface area (Å²) in [4.78, 5) is 22.5. The fourth-order valence-electron chi connectivity index (χ4n) is 1.81. The van der Waals surface area contributed by atoms with Crippen LogP contribution in [0.15, 0.2) is 42.5 Å². The SMILES string of the molecule is COc1ccc(OC(=O)c2ccccc2C)c([N+](=O)[O-])c1. The van der Waals surface area contributed by atoms with Gasteiger partial charge in [0.1, 0.15) is 5.75 Å². The molecule has 0 fully saturated rings. The highest BCUT2D eigenvalue weighted by atomic mass is 16.6. The van der Waals surface area contributed by atoms with E-state index in [9.17, 15) is 14.9 Å². The molecule has 0 saturated carbocycles. The number of carbonyl (C=O) groups is 1. The first kappa shape index (κ1) is 14.5. The lowest BCUT2D eigenvalue weighted by atomic mass is 10.1. The van der Waals surface area contributed by atoms with Crippen molar-refractivity contribution in [2.45, 2.75) is 6.92 Å². The molecule has 0 amide bonds. The lowest BCUT2D eigenvalue weighted by molar-refractivity contribution is -0.385. The van der Waals surface area contributed by atoms with Crippen LogP contribution in [0, 0.1) is 17.0 Å². The highest BCUT2D eigenvalue weighted by Gasteiger charge is 2.20. The third kappa shape index (κ3) is 3.17. The van der Waals surface area contributed by atoms with Crippen molar-refractivity contribution in [3.8, 4) is 11.5 Å². The topological polar surface area (TPSA) is 78.7 Å². The number of hydrogen-bond acceptors (Lipinski definition) is 5. The molecule has 6 heteroatoms. The molecule has 0 atom stereocenters. The third-order valence-electron chi connectivity index (χ3n) is 2.93. The van der Waals surface area contributed by atoms with E-state index in [0.717, 1.165) is 5.56 Å². The predicted octanol–water partition coefficient (Wildman–Crippen LogP) is 3.13. The zero-order valence-electron chi connectivity index (χ0n) is 11.5. The van der Waals surface area contributed by atoms with Gasteiger partial charge < -0.3 is 9.47 Å². The summed E-state index contributed by atoms with van der Waals surface area (Å²) in [6.45, 7) is 1.76. The molecule has 0 radical (unpaired) electrons. The average molecular weight is 287 g/mol. The Morgan fingerprint density at radius 3 is 2.52 bits per heavy atom. The van der Waals surface area contributed by atoms with Crippen LogP contribution in [0.5, 0.6) is 11.5 Å². The minimum absolute atomic E-state index is 0.117. The summed E-state index contributed by atoms with van der Waals surface area (Å²) in [6.07, 6.45) is 0. The normalized spacial score (nSPS) is 10.0. The molecule has 0 N–H and O–H groups in total. The van der Waals surface area contributed by atoms with Crippen LogP contribution in [0.3, 0.4) is 0 Å². The molecular weight excluding hydrogens is 274 g/mol. The van der Waals surface area contributed by atoms with Crippen LogP contribution in [0.25, 0.3) is 0 Å². The first-order chi connectivity index (χ1) is 10.0. The number of esters is 1. The molecule has 0 aliphatic carbocycles. The quantitative estimate of drug-likeness (QED) is 0.373. The van der Waals surface area contributed by atoms with E-state index in [1.165, 1.54) is 25.3 Å². The van der Waals surface area contributed by atoms with Gasteiger partial charge in [0.2, 0.25) is 5.75 Å². The van der Waals surface area contributed by atoms with E-state index in [-0.39, 0.29) is 11.4 Å². The van der Waals surface area contributed by atoms with Gasteiger partial charge in [0.05, 0.1) is 23.7 Å². The zero-order valence-corrected chi connectivity index (χ0v) is 11.5. The second kappa shape index (κ2) is 6.04. The van der Waals surface area contributed by atoms with Crippen LogP contribution in [0.1, 0.15) is 15.9 Å². The van der Waals surface area contributed by atoms with E-state index in [1.54, 1.807) is 31.2 Å². The van der Waals surface area contributed by atoms with Crippen molar-refractivity contribution in [3.05, 3.63) is 63.7 Å². The van der Waals surface area contributed by atoms with Gasteiger partial charge in [0.15, 0.2) is 0 Å². The molecule has 0 spiro atoms. The van der Waals surface area contributed by atoms with E-state index in [1.807, 2.05) is 0 Å². The number of benzene rings is 2. The Hall–Kier alpha value is -2.89. The monoisotopic (exact) mass is 287 g/mol. The Bertz CT molecular complexity index is 696. The molecule has 0 bridgehead atoms. The highest BCUT2D eigenvalue weighted by molar-refractivity contribution is 5.93. The number of aryl methyl sites for hydroxylation is 1. The molecule has 0 aromatic heterocycles. The fraction of sp³-hybridized carbons (Fsp3) is 0.133. The second-order valence-corrected chi connectivity index (χ2v) is 4.30. The predicted molar refractivity (Wildman–Crippen MR) is 75.8 cm³/mol. The number of carbonyl (C=O) groups excluding carboxylic acids is 1. The van der Waals surface area contributed by atoms with Gasteiger partial charge in [-0.05, 0) is 30.7 Å². The number of nitro benzene ring substituents is 1. The Labute approximate surface area is 121 Å². The molecule has 6 nitrogen and oxygen atoms in total. The number of methoxy groups -OCH3 is 1. The number of ether oxygens (including phenoxy) is 2. The maximum absolute atomic E-state index is 12.1. The Kier molecular flexibility index (Phi) is 4.18. The van der Waals surface area contributed by atoms with Crippen molar-refractivity contribution in [1.29, 1.82) is 0 Å². The van der Waals surface area contributed by atoms with Gasteiger partial charge in [-0.1, -0.05) is 18.2 Å². The van der Waals surface area contributed by atoms with Crippen molar-refractivity contribution >= 4 is 11.7 Å². The lowest BCUT2D eigenvalue weighted by Gasteiger charge is -2.08. The van der Waals surface area contributed by atoms with Gasteiger partial charge in [-0.2, -0.15) is 0 Å². The van der Waals surface area contributed by atoms with E-state index in [2.05, 4.69) is 0 Å². The molecule has 0 heterocycles. The molecule has 2 aromatic carbocycles. The highest BCUT2D eigenvalue weighted by Crippen LogP contribution is 2.31. The second-order valence-electron chi connectivity index (χ2n) is 4.30. The summed E-state index contributed by atoms with van der Waals surface area (Å²) in [5, 5.41) is 11.0. The summed E-state index contributed by atoms with van der Waals surface area (Å²) in [5.74, 6) is -0.437. The van der Waals surface area contributed by atoms with Crippen LogP contribution in [-0.2, 0) is 0 Å². The molecule has 2 aromatic rings. The summed E-state index contributed by atoms with van der Waals surface area (Å²) < 4.78 is 10.1. The fourth-order valence-corrected chi connectivity index (χ4v) is 1.81. The van der Waals surface area contributed by atoms with E-state index in [0.29, 0.717) is 11.3 Å². The van der Waals surface area contributed by atoms with Gasteiger partial charge in [0.25, 0.3) is 0 Å². The largest absolute Gasteiger partial charge is 0.496 e. The number of hydrogen-bond donors (Lipinski definition) is 0. The molecule has 108 valence electrons. The first-order valence-corrected chi connectivity index (χ1v) is 6.13. The average Bonchev–Trinajstić information content (AvgIpc) is 2.47. The van der Waals surface area contributed by atoms with Gasteiger partial charge >= 0.3 is 11.7 Å². The minimum atomic E-state index is -0.638. The van der Waals surface area contributed by atoms with Crippen LogP contribution in [0.4, 0.5) is 5.69 Å². The molecule has 0 aliphatic rings. The minimum Gasteiger partial charge on any atom is -0.496 e. The molecule has 0 aliphatic heterocycles. The Morgan fingerprint density at radius 1 is 1.19 bits per heavy atom. The number of nitro groups is 1. The molecule has 0 saturated heterocycles. The summed E-state index contributed by atoms with van der Waals surface area (Å²) >= 11 is 0. The molecule has 0 unspecified atom stereocenters. The van der Waals surface area contributed by atoms with Crippen LogP contribution < -0.4 is 9.47 Å². The summed E-state index contributed by atoms with van der Waals surface area (Å²) in [5.41, 5.74) is 0.776. The lowest BCUT2D eigenvalue weighted by Crippen LogP contribution is -2.11. The molecular formula is C15H13NO5. The summed E-state index contributed by atoms with van der Waals surface area (Å²) in [7, 11) is 1.40. The first-order valence-electron chi connectivity index (χ1n) is 6.13. The van der Waals surface area contributed by atoms with Gasteiger partial charge in [-0.25, -0.2) is 4.79 Å². The zero-order chi connectivity index (χ0) is 15.4. The standard InChI is InChI=1S/C15H13NO5/c1-10-5-3-4-6-12(10)15(17)21-14-8-7-11(20-2)9-13(14)16(18)19/h3-9H,1-2H3. The van der Waals surface area contributed by atoms with Crippen molar-refractivity contribution in [2.75, 3.05) is 7.11 Å². The van der Waals surface area contributed by atoms with Crippen LogP contribution >= 0.6 is 0 Å². The van der Waals surface area contributed by atoms with Crippen molar-refractivity contribution in [1.82, 2.24) is 0 Å². The van der Waals surface area contributed by atoms with E-state index < -0.39 is 10.9 Å². The Balaban J connectivity index is 2.33. The van der Waals surface area contributed by atoms with Gasteiger partial charge in [-0.3, -0.25) is 10.1 Å². The maximum Gasteiger partial charge on any atom is 0.344 e. The summed E-state index contributed by atoms with van der Waals surface area (Å²) in [6, 6.07) is 10.9. The number of rotatable bonds is 4. The van der Waals surface area contributed by atoms with Crippen molar-refractivity contribution in [3.63, 3.8) is 0 Å².